The molecule has 13 heavy (non-hydrogen) atoms. The van der Waals surface area contributed by atoms with Gasteiger partial charge in [-0.25, -0.2) is 4.79 Å². The smallest absolute Gasteiger partial charge is 0.341 e. The van der Waals surface area contributed by atoms with E-state index in [4.69, 9.17) is 9.84 Å². The SMILES string of the molecule is O=C(O)COc1ccc(Br)cc1Br. The van der Waals surface area contributed by atoms with Gasteiger partial charge in [-0.05, 0) is 34.1 Å². The second-order valence-electron chi connectivity index (χ2n) is 2.26. The van der Waals surface area contributed by atoms with E-state index in [-0.39, 0.29) is 6.61 Å². The molecule has 70 valence electrons. The van der Waals surface area contributed by atoms with E-state index in [0.29, 0.717) is 5.75 Å². The molecule has 0 aliphatic heterocycles. The van der Waals surface area contributed by atoms with Gasteiger partial charge in [0.25, 0.3) is 0 Å². The van der Waals surface area contributed by atoms with Crippen LogP contribution < -0.4 is 4.74 Å². The topological polar surface area (TPSA) is 46.5 Å². The quantitative estimate of drug-likeness (QED) is 0.934. The van der Waals surface area contributed by atoms with Gasteiger partial charge in [0, 0.05) is 4.47 Å². The molecule has 0 unspecified atom stereocenters. The molecule has 0 radical (unpaired) electrons. The van der Waals surface area contributed by atoms with E-state index < -0.39 is 5.97 Å². The van der Waals surface area contributed by atoms with Gasteiger partial charge in [-0.2, -0.15) is 0 Å². The van der Waals surface area contributed by atoms with Crippen molar-refractivity contribution in [2.45, 2.75) is 0 Å². The molecule has 0 aromatic heterocycles. The highest BCUT2D eigenvalue weighted by Crippen LogP contribution is 2.27. The average Bonchev–Trinajstić information content (AvgIpc) is 2.02. The molecule has 0 spiro atoms. The van der Waals surface area contributed by atoms with Crippen LogP contribution in [0.5, 0.6) is 5.75 Å². The van der Waals surface area contributed by atoms with Crippen LogP contribution in [0.3, 0.4) is 0 Å². The van der Waals surface area contributed by atoms with Gasteiger partial charge in [-0.3, -0.25) is 0 Å². The molecule has 1 aromatic rings. The lowest BCUT2D eigenvalue weighted by atomic mass is 10.3. The standard InChI is InChI=1S/C8H6Br2O3/c9-5-1-2-7(6(10)3-5)13-4-8(11)12/h1-3H,4H2,(H,11,12). The lowest BCUT2D eigenvalue weighted by Gasteiger charge is -2.05. The maximum absolute atomic E-state index is 10.2. The highest BCUT2D eigenvalue weighted by molar-refractivity contribution is 9.11. The third-order valence-corrected chi connectivity index (χ3v) is 2.36. The largest absolute Gasteiger partial charge is 0.481 e. The maximum Gasteiger partial charge on any atom is 0.341 e. The number of carboxylic acid groups (broad SMARTS) is 1. The minimum atomic E-state index is -0.991. The summed E-state index contributed by atoms with van der Waals surface area (Å²) in [6.07, 6.45) is 0. The van der Waals surface area contributed by atoms with Gasteiger partial charge >= 0.3 is 5.97 Å². The molecule has 0 atom stereocenters. The van der Waals surface area contributed by atoms with Gasteiger partial charge in [-0.15, -0.1) is 0 Å². The predicted octanol–water partition coefficient (Wildman–Crippen LogP) is 2.68. The second-order valence-corrected chi connectivity index (χ2v) is 4.03. The molecule has 3 nitrogen and oxygen atoms in total. The third-order valence-electron chi connectivity index (χ3n) is 1.25. The summed E-state index contributed by atoms with van der Waals surface area (Å²) in [6.45, 7) is -0.333. The zero-order valence-corrected chi connectivity index (χ0v) is 9.63. The van der Waals surface area contributed by atoms with E-state index in [9.17, 15) is 4.79 Å². The molecular formula is C8H6Br2O3. The molecule has 0 aliphatic rings. The first-order valence-corrected chi connectivity index (χ1v) is 4.98. The number of carbonyl (C=O) groups is 1. The van der Waals surface area contributed by atoms with Crippen molar-refractivity contribution >= 4 is 37.8 Å². The Kier molecular flexibility index (Phi) is 3.74. The number of aliphatic carboxylic acids is 1. The van der Waals surface area contributed by atoms with Crippen molar-refractivity contribution in [3.63, 3.8) is 0 Å². The van der Waals surface area contributed by atoms with Crippen molar-refractivity contribution in [1.82, 2.24) is 0 Å². The van der Waals surface area contributed by atoms with Crippen molar-refractivity contribution in [3.05, 3.63) is 27.1 Å². The number of benzene rings is 1. The van der Waals surface area contributed by atoms with Gasteiger partial charge in [-0.1, -0.05) is 15.9 Å². The summed E-state index contributed by atoms with van der Waals surface area (Å²) < 4.78 is 6.62. The van der Waals surface area contributed by atoms with Crippen molar-refractivity contribution < 1.29 is 14.6 Å². The Morgan fingerprint density at radius 1 is 1.46 bits per heavy atom. The summed E-state index contributed by atoms with van der Waals surface area (Å²) in [7, 11) is 0. The van der Waals surface area contributed by atoms with Crippen molar-refractivity contribution in [2.24, 2.45) is 0 Å². The van der Waals surface area contributed by atoms with Crippen LogP contribution in [-0.4, -0.2) is 17.7 Å². The van der Waals surface area contributed by atoms with Crippen LogP contribution in [0, 0.1) is 0 Å². The summed E-state index contributed by atoms with van der Waals surface area (Å²) in [5.74, 6) is -0.472. The van der Waals surface area contributed by atoms with Crippen molar-refractivity contribution in [1.29, 1.82) is 0 Å². The Balaban J connectivity index is 2.72. The fraction of sp³-hybridized carbons (Fsp3) is 0.125. The van der Waals surface area contributed by atoms with Crippen LogP contribution in [0.25, 0.3) is 0 Å². The van der Waals surface area contributed by atoms with E-state index in [1.54, 1.807) is 18.2 Å². The summed E-state index contributed by atoms with van der Waals surface area (Å²) in [6, 6.07) is 5.26. The summed E-state index contributed by atoms with van der Waals surface area (Å²) >= 11 is 6.52. The highest BCUT2D eigenvalue weighted by atomic mass is 79.9. The number of ether oxygens (including phenoxy) is 1. The molecule has 5 heteroatoms. The Bertz CT molecular complexity index is 325. The summed E-state index contributed by atoms with van der Waals surface area (Å²) in [4.78, 5) is 10.2. The van der Waals surface area contributed by atoms with Crippen LogP contribution in [0.15, 0.2) is 27.1 Å². The van der Waals surface area contributed by atoms with E-state index in [1.807, 2.05) is 0 Å². The molecule has 1 aromatic carbocycles. The molecule has 0 saturated carbocycles. The van der Waals surface area contributed by atoms with Crippen LogP contribution >= 0.6 is 31.9 Å². The van der Waals surface area contributed by atoms with Crippen LogP contribution in [0.4, 0.5) is 0 Å². The van der Waals surface area contributed by atoms with E-state index in [2.05, 4.69) is 31.9 Å². The van der Waals surface area contributed by atoms with Crippen LogP contribution in [0.2, 0.25) is 0 Å². The Labute approximate surface area is 92.0 Å². The van der Waals surface area contributed by atoms with Crippen molar-refractivity contribution in [3.8, 4) is 5.75 Å². The molecule has 0 saturated heterocycles. The number of rotatable bonds is 3. The van der Waals surface area contributed by atoms with Gasteiger partial charge in [0.15, 0.2) is 6.61 Å². The monoisotopic (exact) mass is 308 g/mol. The molecule has 0 aliphatic carbocycles. The molecule has 0 amide bonds. The van der Waals surface area contributed by atoms with Gasteiger partial charge in [0.2, 0.25) is 0 Å². The number of hydrogen-bond donors (Lipinski definition) is 1. The fourth-order valence-electron chi connectivity index (χ4n) is 0.732. The zero-order valence-electron chi connectivity index (χ0n) is 6.46. The summed E-state index contributed by atoms with van der Waals surface area (Å²) in [5, 5.41) is 8.37. The first-order valence-electron chi connectivity index (χ1n) is 3.39. The Morgan fingerprint density at radius 2 is 2.15 bits per heavy atom. The maximum atomic E-state index is 10.2. The summed E-state index contributed by atoms with van der Waals surface area (Å²) in [5.41, 5.74) is 0. The number of carboxylic acids is 1. The lowest BCUT2D eigenvalue weighted by Crippen LogP contribution is -2.09. The lowest BCUT2D eigenvalue weighted by molar-refractivity contribution is -0.139. The number of halogens is 2. The first-order chi connectivity index (χ1) is 6.09. The minimum absolute atomic E-state index is 0.333. The van der Waals surface area contributed by atoms with Gasteiger partial charge in [0.05, 0.1) is 4.47 Å². The third kappa shape index (κ3) is 3.36. The van der Waals surface area contributed by atoms with Gasteiger partial charge in [0.1, 0.15) is 5.75 Å². The Morgan fingerprint density at radius 3 is 2.69 bits per heavy atom. The molecule has 0 bridgehead atoms. The average molecular weight is 310 g/mol. The number of hydrogen-bond acceptors (Lipinski definition) is 2. The highest BCUT2D eigenvalue weighted by Gasteiger charge is 2.03. The molecule has 0 heterocycles. The minimum Gasteiger partial charge on any atom is -0.481 e. The van der Waals surface area contributed by atoms with E-state index >= 15 is 0 Å². The second kappa shape index (κ2) is 4.62. The Hall–Kier alpha value is -0.550. The molecule has 1 N–H and O–H groups in total. The predicted molar refractivity (Wildman–Crippen MR) is 55.0 cm³/mol. The first kappa shape index (κ1) is 10.5. The molecule has 1 rings (SSSR count). The molecule has 0 fully saturated rings. The van der Waals surface area contributed by atoms with Crippen molar-refractivity contribution in [2.75, 3.05) is 6.61 Å². The zero-order chi connectivity index (χ0) is 9.84. The normalized spacial score (nSPS) is 9.69. The van der Waals surface area contributed by atoms with Gasteiger partial charge < -0.3 is 9.84 Å². The fourth-order valence-corrected chi connectivity index (χ4v) is 1.89. The van der Waals surface area contributed by atoms with Crippen LogP contribution in [0.1, 0.15) is 0 Å². The van der Waals surface area contributed by atoms with E-state index in [0.717, 1.165) is 8.95 Å². The molecular weight excluding hydrogens is 304 g/mol. The van der Waals surface area contributed by atoms with E-state index in [1.165, 1.54) is 0 Å². The van der Waals surface area contributed by atoms with Crippen LogP contribution in [-0.2, 0) is 4.79 Å².